The third kappa shape index (κ3) is 8.15. The predicted octanol–water partition coefficient (Wildman–Crippen LogP) is -0.509. The van der Waals surface area contributed by atoms with Crippen LogP contribution in [-0.4, -0.2) is 47.2 Å². The summed E-state index contributed by atoms with van der Waals surface area (Å²) in [7, 11) is 0. The van der Waals surface area contributed by atoms with E-state index in [-0.39, 0.29) is 24.8 Å². The zero-order chi connectivity index (χ0) is 15.1. The molecule has 0 saturated heterocycles. The average Bonchev–Trinajstić information content (AvgIpc) is 2.29. The first kappa shape index (κ1) is 17.4. The number of carbonyl (C=O) groups excluding carboxylic acids is 2. The molecule has 0 aromatic rings. The van der Waals surface area contributed by atoms with Gasteiger partial charge in [0.25, 0.3) is 0 Å². The Morgan fingerprint density at radius 2 is 1.74 bits per heavy atom. The maximum absolute atomic E-state index is 11.5. The fourth-order valence-electron chi connectivity index (χ4n) is 1.10. The quantitative estimate of drug-likeness (QED) is 0.467. The van der Waals surface area contributed by atoms with Crippen molar-refractivity contribution in [2.45, 2.75) is 39.7 Å². The Kier molecular flexibility index (Phi) is 7.06. The minimum atomic E-state index is -1.59. The summed E-state index contributed by atoms with van der Waals surface area (Å²) in [5, 5.41) is 22.3. The van der Waals surface area contributed by atoms with Gasteiger partial charge in [0.2, 0.25) is 11.8 Å². The first-order chi connectivity index (χ1) is 8.64. The molecule has 0 aromatic carbocycles. The van der Waals surface area contributed by atoms with E-state index in [1.165, 1.54) is 0 Å². The normalized spacial score (nSPS) is 12.6. The van der Waals surface area contributed by atoms with Gasteiger partial charge in [-0.15, -0.1) is 0 Å². The Morgan fingerprint density at radius 1 is 1.16 bits per heavy atom. The number of carboxylic acids is 1. The molecular formula is C12H22N2O5. The Morgan fingerprint density at radius 3 is 2.21 bits per heavy atom. The first-order valence-electron chi connectivity index (χ1n) is 6.10. The summed E-state index contributed by atoms with van der Waals surface area (Å²) >= 11 is 0. The molecule has 0 aliphatic rings. The zero-order valence-corrected chi connectivity index (χ0v) is 11.5. The van der Waals surface area contributed by atoms with Crippen LogP contribution < -0.4 is 10.6 Å². The maximum atomic E-state index is 11.5. The number of hydrogen-bond acceptors (Lipinski definition) is 4. The Hall–Kier alpha value is -1.63. The van der Waals surface area contributed by atoms with Crippen LogP contribution in [0, 0.1) is 5.41 Å². The second-order valence-corrected chi connectivity index (χ2v) is 5.27. The number of carbonyl (C=O) groups is 3. The summed E-state index contributed by atoms with van der Waals surface area (Å²) in [6.07, 6.45) is -0.974. The molecule has 0 radical (unpaired) electrons. The minimum Gasteiger partial charge on any atom is -0.479 e. The Bertz CT molecular complexity index is 336. The largest absolute Gasteiger partial charge is 0.479 e. The van der Waals surface area contributed by atoms with Crippen molar-refractivity contribution in [3.63, 3.8) is 0 Å². The molecule has 2 amide bonds. The van der Waals surface area contributed by atoms with Crippen LogP contribution in [0.5, 0.6) is 0 Å². The predicted molar refractivity (Wildman–Crippen MR) is 68.4 cm³/mol. The fourth-order valence-corrected chi connectivity index (χ4v) is 1.10. The lowest BCUT2D eigenvalue weighted by molar-refractivity contribution is -0.146. The standard InChI is InChI=1S/C12H22N2O5/c1-12(2,3)11(19)13-6-4-5-9(16)14-7-8(15)10(17)18/h8,15H,4-7H2,1-3H3,(H,13,19)(H,14,16)(H,17,18)/t8-/m0/s1. The van der Waals surface area contributed by atoms with E-state index in [0.29, 0.717) is 13.0 Å². The molecule has 0 spiro atoms. The highest BCUT2D eigenvalue weighted by atomic mass is 16.4. The van der Waals surface area contributed by atoms with E-state index in [4.69, 9.17) is 10.2 Å². The monoisotopic (exact) mass is 274 g/mol. The lowest BCUT2D eigenvalue weighted by Gasteiger charge is -2.17. The van der Waals surface area contributed by atoms with Crippen molar-refractivity contribution in [3.8, 4) is 0 Å². The molecular weight excluding hydrogens is 252 g/mol. The van der Waals surface area contributed by atoms with Gasteiger partial charge in [-0.25, -0.2) is 4.79 Å². The minimum absolute atomic E-state index is 0.0887. The summed E-state index contributed by atoms with van der Waals surface area (Å²) in [6.45, 7) is 5.44. The molecule has 1 atom stereocenters. The molecule has 0 rings (SSSR count). The molecule has 110 valence electrons. The summed E-state index contributed by atoms with van der Waals surface area (Å²) in [5.41, 5.74) is -0.464. The van der Waals surface area contributed by atoms with E-state index in [2.05, 4.69) is 10.6 Å². The lowest BCUT2D eigenvalue weighted by atomic mass is 9.96. The number of aliphatic hydroxyl groups excluding tert-OH is 1. The highest BCUT2D eigenvalue weighted by Crippen LogP contribution is 2.12. The van der Waals surface area contributed by atoms with Crippen molar-refractivity contribution in [2.24, 2.45) is 5.41 Å². The molecule has 0 aliphatic heterocycles. The van der Waals surface area contributed by atoms with E-state index < -0.39 is 17.5 Å². The average molecular weight is 274 g/mol. The van der Waals surface area contributed by atoms with Crippen molar-refractivity contribution in [3.05, 3.63) is 0 Å². The summed E-state index contributed by atoms with van der Waals surface area (Å²) in [6, 6.07) is 0. The molecule has 0 fully saturated rings. The molecule has 4 N–H and O–H groups in total. The highest BCUT2D eigenvalue weighted by molar-refractivity contribution is 5.81. The molecule has 0 saturated carbocycles. The van der Waals surface area contributed by atoms with Gasteiger partial charge in [0.15, 0.2) is 6.10 Å². The maximum Gasteiger partial charge on any atom is 0.334 e. The topological polar surface area (TPSA) is 116 Å². The van der Waals surface area contributed by atoms with E-state index in [0.717, 1.165) is 0 Å². The lowest BCUT2D eigenvalue weighted by Crippen LogP contribution is -2.37. The van der Waals surface area contributed by atoms with Crippen molar-refractivity contribution < 1.29 is 24.6 Å². The molecule has 7 heteroatoms. The third-order valence-electron chi connectivity index (χ3n) is 2.32. The van der Waals surface area contributed by atoms with Gasteiger partial charge in [0.05, 0.1) is 6.54 Å². The number of nitrogens with one attached hydrogen (secondary N) is 2. The second kappa shape index (κ2) is 7.73. The molecule has 0 aromatic heterocycles. The van der Waals surface area contributed by atoms with Gasteiger partial charge in [-0.1, -0.05) is 20.8 Å². The third-order valence-corrected chi connectivity index (χ3v) is 2.32. The number of aliphatic hydroxyl groups is 1. The van der Waals surface area contributed by atoms with Gasteiger partial charge >= 0.3 is 5.97 Å². The van der Waals surface area contributed by atoms with Crippen LogP contribution in [0.25, 0.3) is 0 Å². The number of aliphatic carboxylic acids is 1. The van der Waals surface area contributed by atoms with Crippen molar-refractivity contribution in [1.29, 1.82) is 0 Å². The molecule has 7 nitrogen and oxygen atoms in total. The summed E-state index contributed by atoms with van der Waals surface area (Å²) < 4.78 is 0. The molecule has 0 unspecified atom stereocenters. The van der Waals surface area contributed by atoms with Gasteiger partial charge in [-0.2, -0.15) is 0 Å². The SMILES string of the molecule is CC(C)(C)C(=O)NCCCC(=O)NC[C@H](O)C(=O)O. The molecule has 0 bridgehead atoms. The van der Waals surface area contributed by atoms with Crippen molar-refractivity contribution in [2.75, 3.05) is 13.1 Å². The van der Waals surface area contributed by atoms with Gasteiger partial charge in [0.1, 0.15) is 0 Å². The van der Waals surface area contributed by atoms with Crippen molar-refractivity contribution in [1.82, 2.24) is 10.6 Å². The van der Waals surface area contributed by atoms with Gasteiger partial charge in [0, 0.05) is 18.4 Å². The van der Waals surface area contributed by atoms with E-state index in [1.807, 2.05) is 0 Å². The molecule has 0 heterocycles. The van der Waals surface area contributed by atoms with Gasteiger partial charge in [-0.3, -0.25) is 9.59 Å². The number of amides is 2. The first-order valence-corrected chi connectivity index (χ1v) is 6.10. The van der Waals surface area contributed by atoms with Crippen LogP contribution in [0.1, 0.15) is 33.6 Å². The van der Waals surface area contributed by atoms with Crippen LogP contribution in [0.15, 0.2) is 0 Å². The second-order valence-electron chi connectivity index (χ2n) is 5.27. The zero-order valence-electron chi connectivity index (χ0n) is 11.5. The molecule has 0 aliphatic carbocycles. The summed E-state index contributed by atoms with van der Waals surface area (Å²) in [5.74, 6) is -1.82. The van der Waals surface area contributed by atoms with Crippen LogP contribution in [0.4, 0.5) is 0 Å². The fraction of sp³-hybridized carbons (Fsp3) is 0.750. The smallest absolute Gasteiger partial charge is 0.334 e. The van der Waals surface area contributed by atoms with E-state index in [1.54, 1.807) is 20.8 Å². The van der Waals surface area contributed by atoms with Gasteiger partial charge in [-0.05, 0) is 6.42 Å². The Balaban J connectivity index is 3.71. The van der Waals surface area contributed by atoms with E-state index in [9.17, 15) is 14.4 Å². The Labute approximate surface area is 112 Å². The van der Waals surface area contributed by atoms with E-state index >= 15 is 0 Å². The van der Waals surface area contributed by atoms with Crippen LogP contribution >= 0.6 is 0 Å². The van der Waals surface area contributed by atoms with Crippen LogP contribution in [0.3, 0.4) is 0 Å². The number of carboxylic acid groups (broad SMARTS) is 1. The van der Waals surface area contributed by atoms with Gasteiger partial charge < -0.3 is 20.8 Å². The summed E-state index contributed by atoms with van der Waals surface area (Å²) in [4.78, 5) is 33.1. The van der Waals surface area contributed by atoms with Crippen LogP contribution in [0.2, 0.25) is 0 Å². The number of rotatable bonds is 7. The van der Waals surface area contributed by atoms with Crippen LogP contribution in [-0.2, 0) is 14.4 Å². The molecule has 19 heavy (non-hydrogen) atoms. The number of hydrogen-bond donors (Lipinski definition) is 4. The van der Waals surface area contributed by atoms with Crippen molar-refractivity contribution >= 4 is 17.8 Å². The highest BCUT2D eigenvalue weighted by Gasteiger charge is 2.20.